The van der Waals surface area contributed by atoms with E-state index in [4.69, 9.17) is 15.2 Å². The number of anilines is 1. The second-order valence-corrected chi connectivity index (χ2v) is 6.67. The Morgan fingerprint density at radius 2 is 1.79 bits per heavy atom. The van der Waals surface area contributed by atoms with Crippen LogP contribution >= 0.6 is 0 Å². The van der Waals surface area contributed by atoms with Gasteiger partial charge in [-0.25, -0.2) is 0 Å². The third-order valence-corrected chi connectivity index (χ3v) is 4.58. The third-order valence-electron chi connectivity index (χ3n) is 4.58. The molecular weight excluding hydrogens is 358 g/mol. The van der Waals surface area contributed by atoms with Crippen LogP contribution in [-0.4, -0.2) is 56.7 Å². The van der Waals surface area contributed by atoms with Crippen LogP contribution in [0.2, 0.25) is 0 Å². The van der Waals surface area contributed by atoms with Crippen molar-refractivity contribution < 1.29 is 19.1 Å². The Balaban J connectivity index is 1.67. The van der Waals surface area contributed by atoms with Crippen LogP contribution in [0.5, 0.6) is 5.75 Å². The van der Waals surface area contributed by atoms with Crippen molar-refractivity contribution in [1.82, 2.24) is 4.90 Å². The van der Waals surface area contributed by atoms with Crippen molar-refractivity contribution >= 4 is 17.5 Å². The predicted molar refractivity (Wildman–Crippen MR) is 106 cm³/mol. The van der Waals surface area contributed by atoms with Gasteiger partial charge in [0.05, 0.1) is 13.2 Å². The average molecular weight is 383 g/mol. The first-order chi connectivity index (χ1) is 13.5. The molecule has 1 heterocycles. The third kappa shape index (κ3) is 5.01. The van der Waals surface area contributed by atoms with E-state index in [1.807, 2.05) is 12.1 Å². The molecule has 1 aliphatic heterocycles. The largest absolute Gasteiger partial charge is 0.484 e. The normalized spacial score (nSPS) is 13.8. The molecule has 7 heteroatoms. The van der Waals surface area contributed by atoms with Gasteiger partial charge >= 0.3 is 0 Å². The van der Waals surface area contributed by atoms with Gasteiger partial charge in [-0.3, -0.25) is 9.59 Å². The number of ether oxygens (including phenoxy) is 2. The standard InChI is InChI=1S/C21H25N3O4/c1-23(21(26)16-6-8-18(9-7-16)28-15-20(22)25)14-17-4-2-3-5-19(17)24-10-12-27-13-11-24/h2-9H,10-15H2,1H3,(H2,22,25). The van der Waals surface area contributed by atoms with Gasteiger partial charge in [0.15, 0.2) is 6.61 Å². The number of hydrogen-bond donors (Lipinski definition) is 1. The Morgan fingerprint density at radius 1 is 1.11 bits per heavy atom. The molecule has 1 saturated heterocycles. The molecular formula is C21H25N3O4. The molecule has 1 fully saturated rings. The molecule has 2 aromatic rings. The topological polar surface area (TPSA) is 85.1 Å². The minimum absolute atomic E-state index is 0.0850. The van der Waals surface area contributed by atoms with Crippen LogP contribution in [0.3, 0.4) is 0 Å². The van der Waals surface area contributed by atoms with E-state index >= 15 is 0 Å². The van der Waals surface area contributed by atoms with Crippen LogP contribution in [0.15, 0.2) is 48.5 Å². The maximum absolute atomic E-state index is 12.8. The van der Waals surface area contributed by atoms with Crippen molar-refractivity contribution in [2.45, 2.75) is 6.54 Å². The SMILES string of the molecule is CN(Cc1ccccc1N1CCOCC1)C(=O)c1ccc(OCC(N)=O)cc1. The van der Waals surface area contributed by atoms with Crippen molar-refractivity contribution in [3.8, 4) is 5.75 Å². The van der Waals surface area contributed by atoms with Gasteiger partial charge in [-0.05, 0) is 35.9 Å². The zero-order valence-electron chi connectivity index (χ0n) is 16.0. The van der Waals surface area contributed by atoms with Gasteiger partial charge in [0.25, 0.3) is 11.8 Å². The number of carbonyl (C=O) groups is 2. The van der Waals surface area contributed by atoms with Crippen LogP contribution in [0, 0.1) is 0 Å². The smallest absolute Gasteiger partial charge is 0.255 e. The van der Waals surface area contributed by atoms with Crippen molar-refractivity contribution in [2.24, 2.45) is 5.73 Å². The number of nitrogens with zero attached hydrogens (tertiary/aromatic N) is 2. The Kier molecular flexibility index (Phi) is 6.49. The summed E-state index contributed by atoms with van der Waals surface area (Å²) in [6, 6.07) is 14.8. The fraction of sp³-hybridized carbons (Fsp3) is 0.333. The molecule has 0 radical (unpaired) electrons. The van der Waals surface area contributed by atoms with Crippen LogP contribution in [0.25, 0.3) is 0 Å². The van der Waals surface area contributed by atoms with E-state index in [-0.39, 0.29) is 12.5 Å². The van der Waals surface area contributed by atoms with E-state index in [1.165, 1.54) is 0 Å². The van der Waals surface area contributed by atoms with Gasteiger partial charge < -0.3 is 25.0 Å². The molecule has 3 rings (SSSR count). The summed E-state index contributed by atoms with van der Waals surface area (Å²) in [4.78, 5) is 27.6. The van der Waals surface area contributed by atoms with Gasteiger partial charge in [0, 0.05) is 37.9 Å². The van der Waals surface area contributed by atoms with Crippen molar-refractivity contribution in [2.75, 3.05) is 44.9 Å². The first-order valence-corrected chi connectivity index (χ1v) is 9.22. The Labute approximate surface area is 164 Å². The van der Waals surface area contributed by atoms with E-state index in [0.29, 0.717) is 31.1 Å². The van der Waals surface area contributed by atoms with E-state index in [1.54, 1.807) is 36.2 Å². The Morgan fingerprint density at radius 3 is 2.46 bits per heavy atom. The van der Waals surface area contributed by atoms with Crippen molar-refractivity contribution in [3.63, 3.8) is 0 Å². The Hall–Kier alpha value is -3.06. The number of rotatable bonds is 7. The lowest BCUT2D eigenvalue weighted by Crippen LogP contribution is -2.37. The summed E-state index contributed by atoms with van der Waals surface area (Å²) in [6.07, 6.45) is 0. The highest BCUT2D eigenvalue weighted by Gasteiger charge is 2.18. The number of benzene rings is 2. The maximum Gasteiger partial charge on any atom is 0.255 e. The highest BCUT2D eigenvalue weighted by atomic mass is 16.5. The summed E-state index contributed by atoms with van der Waals surface area (Å²) in [7, 11) is 1.79. The summed E-state index contributed by atoms with van der Waals surface area (Å²) in [6.45, 7) is 3.45. The Bertz CT molecular complexity index is 817. The molecule has 7 nitrogen and oxygen atoms in total. The molecule has 2 aromatic carbocycles. The lowest BCUT2D eigenvalue weighted by molar-refractivity contribution is -0.119. The first kappa shape index (κ1) is 19.7. The number of hydrogen-bond acceptors (Lipinski definition) is 5. The van der Waals surface area contributed by atoms with Crippen molar-refractivity contribution in [1.29, 1.82) is 0 Å². The lowest BCUT2D eigenvalue weighted by atomic mass is 10.1. The number of primary amides is 1. The number of para-hydroxylation sites is 1. The molecule has 0 atom stereocenters. The van der Waals surface area contributed by atoms with Gasteiger partial charge in [-0.1, -0.05) is 18.2 Å². The molecule has 148 valence electrons. The highest BCUT2D eigenvalue weighted by molar-refractivity contribution is 5.94. The molecule has 0 bridgehead atoms. The number of carbonyl (C=O) groups excluding carboxylic acids is 2. The van der Waals surface area contributed by atoms with Crippen LogP contribution in [0.4, 0.5) is 5.69 Å². The zero-order chi connectivity index (χ0) is 19.9. The number of morpholine rings is 1. The molecule has 2 N–H and O–H groups in total. The monoisotopic (exact) mass is 383 g/mol. The summed E-state index contributed by atoms with van der Waals surface area (Å²) >= 11 is 0. The lowest BCUT2D eigenvalue weighted by Gasteiger charge is -2.31. The predicted octanol–water partition coefficient (Wildman–Crippen LogP) is 1.66. The second-order valence-electron chi connectivity index (χ2n) is 6.67. The fourth-order valence-corrected chi connectivity index (χ4v) is 3.15. The second kappa shape index (κ2) is 9.23. The maximum atomic E-state index is 12.8. The highest BCUT2D eigenvalue weighted by Crippen LogP contribution is 2.23. The zero-order valence-corrected chi connectivity index (χ0v) is 16.0. The van der Waals surface area contributed by atoms with Crippen molar-refractivity contribution in [3.05, 3.63) is 59.7 Å². The van der Waals surface area contributed by atoms with Gasteiger partial charge in [-0.2, -0.15) is 0 Å². The van der Waals surface area contributed by atoms with E-state index < -0.39 is 5.91 Å². The van der Waals surface area contributed by atoms with E-state index in [0.717, 1.165) is 24.3 Å². The van der Waals surface area contributed by atoms with Crippen LogP contribution in [0.1, 0.15) is 15.9 Å². The average Bonchev–Trinajstić information content (AvgIpc) is 2.73. The quantitative estimate of drug-likeness (QED) is 0.786. The summed E-state index contributed by atoms with van der Waals surface area (Å²) in [5.41, 5.74) is 7.85. The number of nitrogens with two attached hydrogens (primary N) is 1. The molecule has 2 amide bonds. The molecule has 0 aliphatic carbocycles. The molecule has 28 heavy (non-hydrogen) atoms. The van der Waals surface area contributed by atoms with Crippen LogP contribution in [-0.2, 0) is 16.1 Å². The molecule has 1 aliphatic rings. The molecule has 0 saturated carbocycles. The number of amides is 2. The van der Waals surface area contributed by atoms with Gasteiger partial charge in [0.2, 0.25) is 0 Å². The first-order valence-electron chi connectivity index (χ1n) is 9.22. The summed E-state index contributed by atoms with van der Waals surface area (Å²) < 4.78 is 10.7. The summed E-state index contributed by atoms with van der Waals surface area (Å²) in [5, 5.41) is 0. The molecule has 0 unspecified atom stereocenters. The van der Waals surface area contributed by atoms with E-state index in [2.05, 4.69) is 17.0 Å². The molecule has 0 spiro atoms. The van der Waals surface area contributed by atoms with Gasteiger partial charge in [-0.15, -0.1) is 0 Å². The minimum Gasteiger partial charge on any atom is -0.484 e. The van der Waals surface area contributed by atoms with Crippen LogP contribution < -0.4 is 15.4 Å². The summed E-state index contributed by atoms with van der Waals surface area (Å²) in [5.74, 6) is -0.132. The molecule has 0 aromatic heterocycles. The van der Waals surface area contributed by atoms with Gasteiger partial charge in [0.1, 0.15) is 5.75 Å². The minimum atomic E-state index is -0.543. The van der Waals surface area contributed by atoms with E-state index in [9.17, 15) is 9.59 Å². The fourth-order valence-electron chi connectivity index (χ4n) is 3.15.